The van der Waals surface area contributed by atoms with Crippen LogP contribution in [0.4, 0.5) is 0 Å². The van der Waals surface area contributed by atoms with Crippen molar-refractivity contribution in [2.45, 2.75) is 19.4 Å². The van der Waals surface area contributed by atoms with Crippen molar-refractivity contribution in [1.82, 2.24) is 14.8 Å². The van der Waals surface area contributed by atoms with E-state index in [2.05, 4.69) is 24.1 Å². The molecule has 1 aliphatic heterocycles. The molecule has 1 amide bonds. The predicted octanol–water partition coefficient (Wildman–Crippen LogP) is 2.17. The quantitative estimate of drug-likeness (QED) is 0.918. The van der Waals surface area contributed by atoms with Crippen LogP contribution in [0.3, 0.4) is 0 Å². The van der Waals surface area contributed by atoms with Gasteiger partial charge in [0.15, 0.2) is 0 Å². The summed E-state index contributed by atoms with van der Waals surface area (Å²) in [5, 5.41) is 3.71. The number of nitrogens with one attached hydrogen (secondary N) is 1. The molecule has 1 fully saturated rings. The van der Waals surface area contributed by atoms with Crippen molar-refractivity contribution in [3.8, 4) is 0 Å². The highest BCUT2D eigenvalue weighted by molar-refractivity contribution is 6.41. The second kappa shape index (κ2) is 6.57. The van der Waals surface area contributed by atoms with Crippen molar-refractivity contribution < 1.29 is 9.53 Å². The van der Waals surface area contributed by atoms with Crippen molar-refractivity contribution in [2.75, 3.05) is 32.8 Å². The van der Waals surface area contributed by atoms with E-state index >= 15 is 0 Å². The largest absolute Gasteiger partial charge is 0.379 e. The van der Waals surface area contributed by atoms with E-state index in [9.17, 15) is 4.79 Å². The Bertz CT molecular complexity index is 523. The van der Waals surface area contributed by atoms with Crippen LogP contribution >= 0.6 is 23.2 Å². The average molecular weight is 334 g/mol. The van der Waals surface area contributed by atoms with Crippen molar-refractivity contribution in [3.63, 3.8) is 0 Å². The van der Waals surface area contributed by atoms with Gasteiger partial charge in [-0.1, -0.05) is 23.2 Å². The SMILES string of the molecule is Cn1c(C(=O)NCC(C)(C)N2CCOCC2)cc(Cl)c1Cl. The van der Waals surface area contributed by atoms with Crippen molar-refractivity contribution >= 4 is 29.1 Å². The lowest BCUT2D eigenvalue weighted by Gasteiger charge is -2.40. The Morgan fingerprint density at radius 1 is 1.38 bits per heavy atom. The fraction of sp³-hybridized carbons (Fsp3) is 0.643. The summed E-state index contributed by atoms with van der Waals surface area (Å²) < 4.78 is 6.94. The number of hydrogen-bond acceptors (Lipinski definition) is 3. The zero-order valence-electron chi connectivity index (χ0n) is 12.6. The summed E-state index contributed by atoms with van der Waals surface area (Å²) in [4.78, 5) is 14.6. The number of nitrogens with zero attached hydrogens (tertiary/aromatic N) is 2. The second-order valence-corrected chi connectivity index (χ2v) is 6.59. The third-order valence-electron chi connectivity index (χ3n) is 3.90. The molecule has 0 saturated carbocycles. The zero-order valence-corrected chi connectivity index (χ0v) is 14.1. The summed E-state index contributed by atoms with van der Waals surface area (Å²) in [5.41, 5.74) is 0.334. The highest BCUT2D eigenvalue weighted by Gasteiger charge is 2.29. The van der Waals surface area contributed by atoms with Crippen LogP contribution in [0, 0.1) is 0 Å². The molecule has 0 aromatic carbocycles. The molecule has 1 aromatic rings. The minimum absolute atomic E-state index is 0.127. The summed E-state index contributed by atoms with van der Waals surface area (Å²) in [7, 11) is 1.72. The topological polar surface area (TPSA) is 46.5 Å². The van der Waals surface area contributed by atoms with Gasteiger partial charge in [0, 0.05) is 32.2 Å². The predicted molar refractivity (Wildman–Crippen MR) is 84.2 cm³/mol. The molecule has 1 N–H and O–H groups in total. The number of aromatic nitrogens is 1. The smallest absolute Gasteiger partial charge is 0.268 e. The Balaban J connectivity index is 1.98. The van der Waals surface area contributed by atoms with Crippen molar-refractivity contribution in [2.24, 2.45) is 7.05 Å². The van der Waals surface area contributed by atoms with Crippen LogP contribution in [-0.4, -0.2) is 53.8 Å². The van der Waals surface area contributed by atoms with E-state index in [1.165, 1.54) is 0 Å². The van der Waals surface area contributed by atoms with Crippen LogP contribution in [0.25, 0.3) is 0 Å². The van der Waals surface area contributed by atoms with E-state index < -0.39 is 0 Å². The van der Waals surface area contributed by atoms with Gasteiger partial charge in [-0.15, -0.1) is 0 Å². The standard InChI is InChI=1S/C14H21Cl2N3O2/c1-14(2,19-4-6-21-7-5-19)9-17-13(20)11-8-10(15)12(16)18(11)3/h8H,4-7,9H2,1-3H3,(H,17,20). The molecule has 7 heteroatoms. The second-order valence-electron chi connectivity index (χ2n) is 5.82. The van der Waals surface area contributed by atoms with Gasteiger partial charge in [-0.25, -0.2) is 0 Å². The molecular weight excluding hydrogens is 313 g/mol. The molecule has 2 heterocycles. The highest BCUT2D eigenvalue weighted by Crippen LogP contribution is 2.25. The van der Waals surface area contributed by atoms with E-state index in [0.717, 1.165) is 26.3 Å². The van der Waals surface area contributed by atoms with Crippen molar-refractivity contribution in [3.05, 3.63) is 21.9 Å². The molecular formula is C14H21Cl2N3O2. The first-order valence-corrected chi connectivity index (χ1v) is 7.70. The number of amides is 1. The molecule has 0 aliphatic carbocycles. The molecule has 1 saturated heterocycles. The Morgan fingerprint density at radius 3 is 2.52 bits per heavy atom. The number of carbonyl (C=O) groups is 1. The van der Waals surface area contributed by atoms with Crippen molar-refractivity contribution in [1.29, 1.82) is 0 Å². The maximum atomic E-state index is 12.3. The van der Waals surface area contributed by atoms with E-state index in [1.54, 1.807) is 17.7 Å². The van der Waals surface area contributed by atoms with Crippen LogP contribution in [0.15, 0.2) is 6.07 Å². The van der Waals surface area contributed by atoms with E-state index in [4.69, 9.17) is 27.9 Å². The van der Waals surface area contributed by atoms with E-state index in [0.29, 0.717) is 22.4 Å². The molecule has 1 aromatic heterocycles. The Labute approximate surface area is 135 Å². The first kappa shape index (κ1) is 16.6. The van der Waals surface area contributed by atoms with E-state index in [-0.39, 0.29) is 11.4 Å². The number of rotatable bonds is 4. The van der Waals surface area contributed by atoms with Crippen LogP contribution in [0.1, 0.15) is 24.3 Å². The minimum atomic E-state index is -0.173. The monoisotopic (exact) mass is 333 g/mol. The fourth-order valence-corrected chi connectivity index (χ4v) is 2.80. The van der Waals surface area contributed by atoms with Crippen LogP contribution in [0.2, 0.25) is 10.2 Å². The summed E-state index contributed by atoms with van der Waals surface area (Å²) in [6.07, 6.45) is 0. The maximum absolute atomic E-state index is 12.3. The third kappa shape index (κ3) is 3.72. The Hall–Kier alpha value is -0.750. The van der Waals surface area contributed by atoms with Gasteiger partial charge in [-0.2, -0.15) is 0 Å². The van der Waals surface area contributed by atoms with E-state index in [1.807, 2.05) is 0 Å². The lowest BCUT2D eigenvalue weighted by molar-refractivity contribution is -0.00925. The molecule has 0 spiro atoms. The summed E-state index contributed by atoms with van der Waals surface area (Å²) in [6.45, 7) is 8.01. The number of hydrogen-bond donors (Lipinski definition) is 1. The van der Waals surface area contributed by atoms with Crippen LogP contribution in [-0.2, 0) is 11.8 Å². The van der Waals surface area contributed by atoms with Gasteiger partial charge in [0.1, 0.15) is 10.8 Å². The summed E-state index contributed by atoms with van der Waals surface area (Å²) >= 11 is 11.9. The molecule has 0 radical (unpaired) electrons. The molecule has 5 nitrogen and oxygen atoms in total. The molecule has 21 heavy (non-hydrogen) atoms. The number of halogens is 2. The normalized spacial score (nSPS) is 17.0. The third-order valence-corrected chi connectivity index (χ3v) is 4.74. The molecule has 118 valence electrons. The number of carbonyl (C=O) groups excluding carboxylic acids is 1. The zero-order chi connectivity index (χ0) is 15.6. The van der Waals surface area contributed by atoms with Crippen LogP contribution < -0.4 is 5.32 Å². The highest BCUT2D eigenvalue weighted by atomic mass is 35.5. The lowest BCUT2D eigenvalue weighted by Crippen LogP contribution is -2.55. The van der Waals surface area contributed by atoms with Gasteiger partial charge >= 0.3 is 0 Å². The van der Waals surface area contributed by atoms with Gasteiger partial charge in [0.25, 0.3) is 5.91 Å². The summed E-state index contributed by atoms with van der Waals surface area (Å²) in [6, 6.07) is 1.58. The molecule has 2 rings (SSSR count). The summed E-state index contributed by atoms with van der Waals surface area (Å²) in [5.74, 6) is -0.173. The van der Waals surface area contributed by atoms with Gasteiger partial charge in [0.05, 0.1) is 18.2 Å². The van der Waals surface area contributed by atoms with Crippen LogP contribution in [0.5, 0.6) is 0 Å². The first-order valence-electron chi connectivity index (χ1n) is 6.94. The first-order chi connectivity index (χ1) is 9.83. The Kier molecular flexibility index (Phi) is 5.20. The van der Waals surface area contributed by atoms with Gasteiger partial charge in [0.2, 0.25) is 0 Å². The minimum Gasteiger partial charge on any atom is -0.379 e. The molecule has 0 unspecified atom stereocenters. The fourth-order valence-electron chi connectivity index (χ4n) is 2.43. The van der Waals surface area contributed by atoms with Gasteiger partial charge in [-0.05, 0) is 19.9 Å². The number of morpholine rings is 1. The van der Waals surface area contributed by atoms with Gasteiger partial charge in [-0.3, -0.25) is 9.69 Å². The van der Waals surface area contributed by atoms with Gasteiger partial charge < -0.3 is 14.6 Å². The average Bonchev–Trinajstić information content (AvgIpc) is 2.73. The molecule has 0 bridgehead atoms. The molecule has 0 atom stereocenters. The lowest BCUT2D eigenvalue weighted by atomic mass is 10.0. The maximum Gasteiger partial charge on any atom is 0.268 e. The number of ether oxygens (including phenoxy) is 1. The Morgan fingerprint density at radius 2 is 2.00 bits per heavy atom. The molecule has 1 aliphatic rings.